The van der Waals surface area contributed by atoms with Gasteiger partial charge in [-0.3, -0.25) is 0 Å². The molecule has 1 rings (SSSR count). The molecule has 0 heterocycles. The largest absolute Gasteiger partial charge is 0.315 e. The molecule has 0 spiro atoms. The number of rotatable bonds is 5. The van der Waals surface area contributed by atoms with Gasteiger partial charge >= 0.3 is 0 Å². The predicted molar refractivity (Wildman–Crippen MR) is 72.3 cm³/mol. The van der Waals surface area contributed by atoms with Crippen LogP contribution in [0.1, 0.15) is 12.5 Å². The highest BCUT2D eigenvalue weighted by Gasteiger charge is 2.25. The number of nitrogens with one attached hydrogen (secondary N) is 1. The number of halogens is 2. The zero-order valence-electron chi connectivity index (χ0n) is 10.6. The van der Waals surface area contributed by atoms with Gasteiger partial charge in [-0.15, -0.1) is 0 Å². The topological polar surface area (TPSA) is 46.2 Å². The van der Waals surface area contributed by atoms with Crippen LogP contribution >= 0.6 is 11.6 Å². The van der Waals surface area contributed by atoms with Gasteiger partial charge in [0.1, 0.15) is 5.82 Å². The lowest BCUT2D eigenvalue weighted by atomic mass is 10.0. The van der Waals surface area contributed by atoms with E-state index < -0.39 is 15.1 Å². The summed E-state index contributed by atoms with van der Waals surface area (Å²) in [6, 6.07) is 3.78. The summed E-state index contributed by atoms with van der Waals surface area (Å²) in [6.45, 7) is 1.63. The molecule has 2 atom stereocenters. The molecule has 0 bridgehead atoms. The number of likely N-dealkylation sites (N-methyl/N-ethyl adjacent to an activating group) is 1. The molecule has 6 heteroatoms. The van der Waals surface area contributed by atoms with Crippen molar-refractivity contribution in [3.05, 3.63) is 34.6 Å². The zero-order chi connectivity index (χ0) is 13.9. The Morgan fingerprint density at radius 3 is 2.56 bits per heavy atom. The smallest absolute Gasteiger partial charge is 0.151 e. The molecule has 0 aliphatic carbocycles. The minimum atomic E-state index is -3.16. The molecule has 0 aromatic heterocycles. The molecule has 1 N–H and O–H groups in total. The van der Waals surface area contributed by atoms with Crippen molar-refractivity contribution in [3.8, 4) is 0 Å². The lowest BCUT2D eigenvalue weighted by Crippen LogP contribution is -2.42. The molecule has 0 aliphatic rings. The Balaban J connectivity index is 2.96. The van der Waals surface area contributed by atoms with Crippen molar-refractivity contribution in [1.29, 1.82) is 0 Å². The minimum absolute atomic E-state index is 0.306. The van der Waals surface area contributed by atoms with Crippen molar-refractivity contribution >= 4 is 21.4 Å². The highest BCUT2D eigenvalue weighted by Crippen LogP contribution is 2.20. The summed E-state index contributed by atoms with van der Waals surface area (Å²) in [6.07, 6.45) is 1.55. The van der Waals surface area contributed by atoms with E-state index in [0.717, 1.165) is 0 Å². The molecule has 0 radical (unpaired) electrons. The molecule has 18 heavy (non-hydrogen) atoms. The van der Waals surface area contributed by atoms with E-state index in [1.165, 1.54) is 24.5 Å². The zero-order valence-corrected chi connectivity index (χ0v) is 12.1. The first-order valence-corrected chi connectivity index (χ1v) is 7.89. The standard InChI is InChI=1S/C12H17ClFNO2S/c1-8(18(3,16)17)12(15-2)7-9-6-10(14)4-5-11(9)13/h4-6,8,12,15H,7H2,1-3H3. The van der Waals surface area contributed by atoms with Gasteiger partial charge in [0.25, 0.3) is 0 Å². The second kappa shape index (κ2) is 5.99. The Kier molecular flexibility index (Phi) is 5.13. The van der Waals surface area contributed by atoms with Crippen LogP contribution in [0.5, 0.6) is 0 Å². The molecule has 0 amide bonds. The van der Waals surface area contributed by atoms with Gasteiger partial charge < -0.3 is 5.32 Å². The van der Waals surface area contributed by atoms with Crippen LogP contribution in [0.2, 0.25) is 5.02 Å². The van der Waals surface area contributed by atoms with Gasteiger partial charge in [0.05, 0.1) is 5.25 Å². The first-order chi connectivity index (χ1) is 8.25. The van der Waals surface area contributed by atoms with Crippen molar-refractivity contribution in [1.82, 2.24) is 5.32 Å². The van der Waals surface area contributed by atoms with Gasteiger partial charge in [-0.2, -0.15) is 0 Å². The molecule has 102 valence electrons. The highest BCUT2D eigenvalue weighted by atomic mass is 35.5. The number of benzene rings is 1. The Labute approximate surface area is 112 Å². The van der Waals surface area contributed by atoms with E-state index >= 15 is 0 Å². The van der Waals surface area contributed by atoms with Gasteiger partial charge in [-0.1, -0.05) is 11.6 Å². The average Bonchev–Trinajstić information content (AvgIpc) is 2.28. The van der Waals surface area contributed by atoms with Crippen LogP contribution < -0.4 is 5.32 Å². The Morgan fingerprint density at radius 1 is 1.44 bits per heavy atom. The van der Waals surface area contributed by atoms with Crippen LogP contribution in [0.4, 0.5) is 4.39 Å². The molecule has 1 aromatic rings. The van der Waals surface area contributed by atoms with Crippen LogP contribution in [-0.4, -0.2) is 33.0 Å². The summed E-state index contributed by atoms with van der Waals surface area (Å²) in [5.41, 5.74) is 0.603. The number of hydrogen-bond donors (Lipinski definition) is 1. The Bertz CT molecular complexity index is 519. The van der Waals surface area contributed by atoms with Crippen molar-refractivity contribution in [2.75, 3.05) is 13.3 Å². The molecule has 0 aliphatic heterocycles. The Morgan fingerprint density at radius 2 is 2.06 bits per heavy atom. The normalized spacial score (nSPS) is 15.4. The monoisotopic (exact) mass is 293 g/mol. The van der Waals surface area contributed by atoms with Gasteiger partial charge in [-0.05, 0) is 44.2 Å². The molecule has 0 saturated carbocycles. The third-order valence-electron chi connectivity index (χ3n) is 3.06. The number of sulfone groups is 1. The molecule has 0 saturated heterocycles. The summed E-state index contributed by atoms with van der Waals surface area (Å²) in [5, 5.41) is 2.82. The van der Waals surface area contributed by atoms with Gasteiger partial charge in [0, 0.05) is 17.3 Å². The number of hydrogen-bond acceptors (Lipinski definition) is 3. The highest BCUT2D eigenvalue weighted by molar-refractivity contribution is 7.91. The molecule has 3 nitrogen and oxygen atoms in total. The molecular formula is C12H17ClFNO2S. The first-order valence-electron chi connectivity index (χ1n) is 5.55. The fraction of sp³-hybridized carbons (Fsp3) is 0.500. The lowest BCUT2D eigenvalue weighted by molar-refractivity contribution is 0.515. The third-order valence-corrected chi connectivity index (χ3v) is 5.11. The lowest BCUT2D eigenvalue weighted by Gasteiger charge is -2.22. The summed E-state index contributed by atoms with van der Waals surface area (Å²) in [5.74, 6) is -0.378. The van der Waals surface area contributed by atoms with Crippen molar-refractivity contribution in [3.63, 3.8) is 0 Å². The SMILES string of the molecule is CNC(Cc1cc(F)ccc1Cl)C(C)S(C)(=O)=O. The molecule has 0 fully saturated rings. The summed E-state index contributed by atoms with van der Waals surface area (Å²) in [4.78, 5) is 0. The van der Waals surface area contributed by atoms with E-state index in [2.05, 4.69) is 5.32 Å². The van der Waals surface area contributed by atoms with E-state index in [0.29, 0.717) is 17.0 Å². The van der Waals surface area contributed by atoms with Gasteiger partial charge in [0.2, 0.25) is 0 Å². The van der Waals surface area contributed by atoms with Crippen LogP contribution in [0.15, 0.2) is 18.2 Å². The first kappa shape index (κ1) is 15.4. The quantitative estimate of drug-likeness (QED) is 0.904. The maximum atomic E-state index is 13.1. The van der Waals surface area contributed by atoms with Crippen LogP contribution in [-0.2, 0) is 16.3 Å². The Hall–Kier alpha value is -0.650. The second-order valence-electron chi connectivity index (χ2n) is 4.37. The molecule has 2 unspecified atom stereocenters. The summed E-state index contributed by atoms with van der Waals surface area (Å²) < 4.78 is 36.2. The molecular weight excluding hydrogens is 277 g/mol. The summed E-state index contributed by atoms with van der Waals surface area (Å²) in [7, 11) is -1.48. The van der Waals surface area contributed by atoms with E-state index in [1.54, 1.807) is 14.0 Å². The maximum Gasteiger partial charge on any atom is 0.151 e. The van der Waals surface area contributed by atoms with Crippen molar-refractivity contribution < 1.29 is 12.8 Å². The van der Waals surface area contributed by atoms with Crippen LogP contribution in [0.25, 0.3) is 0 Å². The van der Waals surface area contributed by atoms with Crippen LogP contribution in [0, 0.1) is 5.82 Å². The van der Waals surface area contributed by atoms with E-state index in [4.69, 9.17) is 11.6 Å². The average molecular weight is 294 g/mol. The van der Waals surface area contributed by atoms with Crippen molar-refractivity contribution in [2.45, 2.75) is 24.6 Å². The van der Waals surface area contributed by atoms with Gasteiger partial charge in [-0.25, -0.2) is 12.8 Å². The minimum Gasteiger partial charge on any atom is -0.315 e. The van der Waals surface area contributed by atoms with Crippen molar-refractivity contribution in [2.24, 2.45) is 0 Å². The van der Waals surface area contributed by atoms with E-state index in [1.807, 2.05) is 0 Å². The predicted octanol–water partition coefficient (Wildman–Crippen LogP) is 2.04. The molecule has 1 aromatic carbocycles. The van der Waals surface area contributed by atoms with Gasteiger partial charge in [0.15, 0.2) is 9.84 Å². The van der Waals surface area contributed by atoms with Crippen LogP contribution in [0.3, 0.4) is 0 Å². The fourth-order valence-electron chi connectivity index (χ4n) is 1.74. The maximum absolute atomic E-state index is 13.1. The second-order valence-corrected chi connectivity index (χ2v) is 7.18. The van der Waals surface area contributed by atoms with E-state index in [-0.39, 0.29) is 11.9 Å². The fourth-order valence-corrected chi connectivity index (χ4v) is 2.76. The third kappa shape index (κ3) is 3.93. The summed E-state index contributed by atoms with van der Waals surface area (Å²) >= 11 is 5.97. The van der Waals surface area contributed by atoms with E-state index in [9.17, 15) is 12.8 Å².